The summed E-state index contributed by atoms with van der Waals surface area (Å²) in [6, 6.07) is 2.01. The Morgan fingerprint density at radius 3 is 2.77 bits per heavy atom. The molecular formula is C8H9ClN2O2. The lowest BCUT2D eigenvalue weighted by atomic mass is 10.2. The second-order valence-electron chi connectivity index (χ2n) is 2.62. The maximum absolute atomic E-state index is 10.5. The Balaban J connectivity index is 3.03. The number of halogens is 1. The van der Waals surface area contributed by atoms with Gasteiger partial charge in [0.05, 0.1) is 16.4 Å². The Kier molecular flexibility index (Phi) is 2.85. The molecule has 70 valence electrons. The monoisotopic (exact) mass is 200 g/mol. The van der Waals surface area contributed by atoms with Crippen molar-refractivity contribution in [3.8, 4) is 0 Å². The van der Waals surface area contributed by atoms with E-state index in [2.05, 4.69) is 4.98 Å². The number of aliphatic carboxylic acids is 1. The average molecular weight is 201 g/mol. The lowest BCUT2D eigenvalue weighted by molar-refractivity contribution is -0.138. The van der Waals surface area contributed by atoms with Crippen molar-refractivity contribution in [2.45, 2.75) is 13.0 Å². The number of pyridine rings is 1. The van der Waals surface area contributed by atoms with Gasteiger partial charge in [0.25, 0.3) is 0 Å². The van der Waals surface area contributed by atoms with Crippen LogP contribution in [-0.4, -0.2) is 16.1 Å². The number of aryl methyl sites for hydroxylation is 1. The van der Waals surface area contributed by atoms with Gasteiger partial charge in [0.1, 0.15) is 6.04 Å². The van der Waals surface area contributed by atoms with Crippen molar-refractivity contribution in [3.63, 3.8) is 0 Å². The van der Waals surface area contributed by atoms with Gasteiger partial charge in [0.15, 0.2) is 0 Å². The highest BCUT2D eigenvalue weighted by Gasteiger charge is 2.15. The van der Waals surface area contributed by atoms with Gasteiger partial charge < -0.3 is 10.8 Å². The number of nitrogens with two attached hydrogens (primary N) is 1. The van der Waals surface area contributed by atoms with E-state index < -0.39 is 12.0 Å². The molecule has 1 aromatic heterocycles. The molecule has 0 spiro atoms. The quantitative estimate of drug-likeness (QED) is 0.750. The van der Waals surface area contributed by atoms with Crippen LogP contribution in [0, 0.1) is 6.92 Å². The van der Waals surface area contributed by atoms with Crippen molar-refractivity contribution >= 4 is 17.6 Å². The Bertz CT molecular complexity index is 341. The van der Waals surface area contributed by atoms with Crippen LogP contribution >= 0.6 is 11.6 Å². The fraction of sp³-hybridized carbons (Fsp3) is 0.250. The number of rotatable bonds is 2. The second-order valence-corrected chi connectivity index (χ2v) is 3.03. The molecule has 3 N–H and O–H groups in total. The van der Waals surface area contributed by atoms with E-state index in [1.54, 1.807) is 13.0 Å². The number of hydrogen-bond acceptors (Lipinski definition) is 3. The Morgan fingerprint density at radius 2 is 2.31 bits per heavy atom. The smallest absolute Gasteiger partial charge is 0.326 e. The van der Waals surface area contributed by atoms with E-state index in [4.69, 9.17) is 22.4 Å². The third kappa shape index (κ3) is 2.17. The van der Waals surface area contributed by atoms with E-state index in [0.717, 1.165) is 0 Å². The molecule has 1 aromatic rings. The maximum Gasteiger partial charge on any atom is 0.326 e. The van der Waals surface area contributed by atoms with E-state index >= 15 is 0 Å². The van der Waals surface area contributed by atoms with Crippen molar-refractivity contribution < 1.29 is 9.90 Å². The van der Waals surface area contributed by atoms with E-state index in [9.17, 15) is 4.79 Å². The Labute approximate surface area is 80.3 Å². The largest absolute Gasteiger partial charge is 0.480 e. The topological polar surface area (TPSA) is 76.2 Å². The van der Waals surface area contributed by atoms with Crippen LogP contribution in [0.5, 0.6) is 0 Å². The fourth-order valence-corrected chi connectivity index (χ4v) is 0.968. The molecule has 0 amide bonds. The second kappa shape index (κ2) is 3.72. The molecule has 0 bridgehead atoms. The average Bonchev–Trinajstić information content (AvgIpc) is 2.08. The van der Waals surface area contributed by atoms with Crippen LogP contribution in [0.1, 0.15) is 17.4 Å². The van der Waals surface area contributed by atoms with Gasteiger partial charge in [-0.25, -0.2) is 0 Å². The Hall–Kier alpha value is -1.13. The van der Waals surface area contributed by atoms with Crippen molar-refractivity contribution in [3.05, 3.63) is 28.5 Å². The predicted molar refractivity (Wildman–Crippen MR) is 48.5 cm³/mol. The van der Waals surface area contributed by atoms with Gasteiger partial charge in [-0.3, -0.25) is 9.78 Å². The number of carbonyl (C=O) groups is 1. The molecule has 1 rings (SSSR count). The van der Waals surface area contributed by atoms with Crippen LogP contribution in [0.15, 0.2) is 12.1 Å². The highest BCUT2D eigenvalue weighted by atomic mass is 35.5. The summed E-state index contributed by atoms with van der Waals surface area (Å²) in [5.41, 5.74) is 6.25. The number of hydrogen-bond donors (Lipinski definition) is 2. The highest BCUT2D eigenvalue weighted by Crippen LogP contribution is 2.15. The molecule has 13 heavy (non-hydrogen) atoms. The lowest BCUT2D eigenvalue weighted by Gasteiger charge is -2.06. The van der Waals surface area contributed by atoms with Gasteiger partial charge in [0.2, 0.25) is 0 Å². The molecule has 0 radical (unpaired) electrons. The Morgan fingerprint density at radius 1 is 1.69 bits per heavy atom. The van der Waals surface area contributed by atoms with Crippen LogP contribution in [0.3, 0.4) is 0 Å². The number of carboxylic acid groups (broad SMARTS) is 1. The number of carboxylic acids is 1. The zero-order valence-electron chi connectivity index (χ0n) is 6.99. The molecule has 0 saturated heterocycles. The van der Waals surface area contributed by atoms with Crippen LogP contribution in [0.2, 0.25) is 5.02 Å². The first kappa shape index (κ1) is 9.95. The molecule has 0 aliphatic rings. The normalized spacial score (nSPS) is 12.5. The summed E-state index contributed by atoms with van der Waals surface area (Å²) in [5.74, 6) is -1.10. The van der Waals surface area contributed by atoms with Gasteiger partial charge in [-0.1, -0.05) is 11.6 Å². The predicted octanol–water partition coefficient (Wildman–Crippen LogP) is 1.13. The third-order valence-electron chi connectivity index (χ3n) is 1.63. The van der Waals surface area contributed by atoms with E-state index in [1.165, 1.54) is 6.07 Å². The van der Waals surface area contributed by atoms with E-state index in [-0.39, 0.29) is 0 Å². The minimum Gasteiger partial charge on any atom is -0.480 e. The highest BCUT2D eigenvalue weighted by molar-refractivity contribution is 6.31. The maximum atomic E-state index is 10.5. The first-order chi connectivity index (χ1) is 6.02. The van der Waals surface area contributed by atoms with Crippen molar-refractivity contribution in [1.29, 1.82) is 0 Å². The van der Waals surface area contributed by atoms with Crippen LogP contribution in [-0.2, 0) is 4.79 Å². The summed E-state index contributed by atoms with van der Waals surface area (Å²) in [6.45, 7) is 1.69. The first-order valence-corrected chi connectivity index (χ1v) is 4.01. The number of nitrogens with zero attached hydrogens (tertiary/aromatic N) is 1. The number of aromatic nitrogens is 1. The molecule has 0 saturated carbocycles. The van der Waals surface area contributed by atoms with E-state index in [1.807, 2.05) is 0 Å². The lowest BCUT2D eigenvalue weighted by Crippen LogP contribution is -2.21. The van der Waals surface area contributed by atoms with Crippen LogP contribution < -0.4 is 5.73 Å². The van der Waals surface area contributed by atoms with Gasteiger partial charge in [-0.2, -0.15) is 0 Å². The molecule has 0 aliphatic carbocycles. The van der Waals surface area contributed by atoms with E-state index in [0.29, 0.717) is 16.4 Å². The molecule has 0 aliphatic heterocycles. The molecule has 1 heterocycles. The fourth-order valence-electron chi connectivity index (χ4n) is 0.863. The zero-order valence-corrected chi connectivity index (χ0v) is 7.75. The summed E-state index contributed by atoms with van der Waals surface area (Å²) < 4.78 is 0. The molecule has 5 heteroatoms. The van der Waals surface area contributed by atoms with Gasteiger partial charge in [-0.15, -0.1) is 0 Å². The van der Waals surface area contributed by atoms with Crippen molar-refractivity contribution in [2.75, 3.05) is 0 Å². The standard InChI is InChI=1S/C8H9ClN2O2/c1-4-5(9)2-3-6(11-4)7(10)8(12)13/h2-3,7H,10H2,1H3,(H,12,13). The third-order valence-corrected chi connectivity index (χ3v) is 2.03. The van der Waals surface area contributed by atoms with Crippen molar-refractivity contribution in [1.82, 2.24) is 4.98 Å². The van der Waals surface area contributed by atoms with Crippen LogP contribution in [0.25, 0.3) is 0 Å². The van der Waals surface area contributed by atoms with Gasteiger partial charge >= 0.3 is 5.97 Å². The molecule has 4 nitrogen and oxygen atoms in total. The SMILES string of the molecule is Cc1nc(C(N)C(=O)O)ccc1Cl. The van der Waals surface area contributed by atoms with Crippen LogP contribution in [0.4, 0.5) is 0 Å². The zero-order chi connectivity index (χ0) is 10.0. The van der Waals surface area contributed by atoms with Gasteiger partial charge in [-0.05, 0) is 19.1 Å². The molecule has 0 aromatic carbocycles. The summed E-state index contributed by atoms with van der Waals surface area (Å²) in [6.07, 6.45) is 0. The summed E-state index contributed by atoms with van der Waals surface area (Å²) in [4.78, 5) is 14.5. The molecular weight excluding hydrogens is 192 g/mol. The summed E-state index contributed by atoms with van der Waals surface area (Å²) in [7, 11) is 0. The van der Waals surface area contributed by atoms with Gasteiger partial charge in [0, 0.05) is 0 Å². The van der Waals surface area contributed by atoms with Crippen molar-refractivity contribution in [2.24, 2.45) is 5.73 Å². The summed E-state index contributed by atoms with van der Waals surface area (Å²) >= 11 is 5.71. The minimum atomic E-state index is -1.10. The first-order valence-electron chi connectivity index (χ1n) is 3.64. The molecule has 1 atom stereocenters. The minimum absolute atomic E-state index is 0.314. The summed E-state index contributed by atoms with van der Waals surface area (Å²) in [5, 5.41) is 9.10. The molecule has 1 unspecified atom stereocenters. The molecule has 0 fully saturated rings.